The highest BCUT2D eigenvalue weighted by Crippen LogP contribution is 2.30. The van der Waals surface area contributed by atoms with E-state index < -0.39 is 29.2 Å². The van der Waals surface area contributed by atoms with Gasteiger partial charge in [-0.05, 0) is 11.6 Å². The Kier molecular flexibility index (Phi) is 4.03. The second-order valence-electron chi connectivity index (χ2n) is 3.07. The number of halogens is 4. The fraction of sp³-hybridized carbons (Fsp3) is 0.200. The third-order valence-electron chi connectivity index (χ3n) is 1.95. The van der Waals surface area contributed by atoms with Crippen LogP contribution in [-0.2, 0) is 5.88 Å². The van der Waals surface area contributed by atoms with Crippen molar-refractivity contribution in [1.82, 2.24) is 0 Å². The van der Waals surface area contributed by atoms with E-state index in [4.69, 9.17) is 22.0 Å². The Hall–Kier alpha value is -1.94. The summed E-state index contributed by atoms with van der Waals surface area (Å²) in [5.74, 6) is -2.84. The molecule has 0 bridgehead atoms. The first kappa shape index (κ1) is 14.1. The molecule has 0 unspecified atom stereocenters. The Morgan fingerprint density at radius 3 is 2.50 bits per heavy atom. The maximum atomic E-state index is 12.1. The van der Waals surface area contributed by atoms with E-state index in [9.17, 15) is 18.0 Å². The predicted octanol–water partition coefficient (Wildman–Crippen LogP) is 2.89. The van der Waals surface area contributed by atoms with Crippen LogP contribution in [0.1, 0.15) is 21.5 Å². The minimum atomic E-state index is -5.04. The maximum Gasteiger partial charge on any atom is 0.573 e. The second kappa shape index (κ2) is 5.14. The van der Waals surface area contributed by atoms with E-state index in [-0.39, 0.29) is 11.4 Å². The first-order valence-electron chi connectivity index (χ1n) is 4.41. The number of aromatic carboxylic acids is 1. The van der Waals surface area contributed by atoms with Gasteiger partial charge in [0.25, 0.3) is 0 Å². The number of hydrogen-bond acceptors (Lipinski definition) is 3. The number of hydrogen-bond donors (Lipinski definition) is 1. The number of carboxylic acid groups (broad SMARTS) is 1. The normalized spacial score (nSPS) is 10.8. The van der Waals surface area contributed by atoms with Crippen LogP contribution < -0.4 is 4.74 Å². The molecule has 0 aliphatic rings. The van der Waals surface area contributed by atoms with Crippen LogP contribution in [0.15, 0.2) is 12.1 Å². The van der Waals surface area contributed by atoms with E-state index in [0.717, 1.165) is 12.1 Å². The van der Waals surface area contributed by atoms with Crippen LogP contribution in [0.25, 0.3) is 0 Å². The molecule has 0 amide bonds. The second-order valence-corrected chi connectivity index (χ2v) is 3.34. The van der Waals surface area contributed by atoms with E-state index in [1.165, 1.54) is 6.07 Å². The zero-order valence-electron chi connectivity index (χ0n) is 8.58. The molecule has 0 fully saturated rings. The summed E-state index contributed by atoms with van der Waals surface area (Å²) in [6, 6.07) is 3.44. The fourth-order valence-electron chi connectivity index (χ4n) is 1.29. The number of nitrogens with zero attached hydrogens (tertiary/aromatic N) is 1. The van der Waals surface area contributed by atoms with E-state index in [2.05, 4.69) is 4.74 Å². The van der Waals surface area contributed by atoms with Crippen molar-refractivity contribution < 1.29 is 27.8 Å². The number of rotatable bonds is 3. The van der Waals surface area contributed by atoms with Gasteiger partial charge in [0.1, 0.15) is 17.4 Å². The SMILES string of the molecule is N#Cc1c(CCl)ccc(OC(F)(F)F)c1C(=O)O. The molecule has 18 heavy (non-hydrogen) atoms. The summed E-state index contributed by atoms with van der Waals surface area (Å²) in [6.45, 7) is 0. The Labute approximate surface area is 104 Å². The zero-order chi connectivity index (χ0) is 13.9. The Morgan fingerprint density at radius 2 is 2.11 bits per heavy atom. The molecule has 0 spiro atoms. The van der Waals surface area contributed by atoms with Crippen molar-refractivity contribution in [1.29, 1.82) is 5.26 Å². The molecule has 1 N–H and O–H groups in total. The monoisotopic (exact) mass is 279 g/mol. The molecule has 0 aliphatic heterocycles. The minimum Gasteiger partial charge on any atom is -0.478 e. The van der Waals surface area contributed by atoms with Gasteiger partial charge in [0.15, 0.2) is 0 Å². The maximum absolute atomic E-state index is 12.1. The van der Waals surface area contributed by atoms with Gasteiger partial charge in [-0.3, -0.25) is 0 Å². The van der Waals surface area contributed by atoms with Crippen LogP contribution in [0.2, 0.25) is 0 Å². The van der Waals surface area contributed by atoms with E-state index in [0.29, 0.717) is 0 Å². The summed E-state index contributed by atoms with van der Waals surface area (Å²) in [7, 11) is 0. The molecule has 4 nitrogen and oxygen atoms in total. The highest BCUT2D eigenvalue weighted by Gasteiger charge is 2.34. The van der Waals surface area contributed by atoms with Gasteiger partial charge >= 0.3 is 12.3 Å². The molecule has 1 aromatic carbocycles. The number of carbonyl (C=O) groups is 1. The van der Waals surface area contributed by atoms with Gasteiger partial charge in [-0.15, -0.1) is 24.8 Å². The third-order valence-corrected chi connectivity index (χ3v) is 2.24. The number of benzene rings is 1. The lowest BCUT2D eigenvalue weighted by Crippen LogP contribution is -2.20. The molecule has 8 heteroatoms. The molecule has 0 saturated carbocycles. The summed E-state index contributed by atoms with van der Waals surface area (Å²) >= 11 is 5.47. The summed E-state index contributed by atoms with van der Waals surface area (Å²) < 4.78 is 39.8. The van der Waals surface area contributed by atoms with Gasteiger partial charge in [-0.25, -0.2) is 4.79 Å². The number of alkyl halides is 4. The quantitative estimate of drug-likeness (QED) is 0.864. The number of ether oxygens (including phenoxy) is 1. The zero-order valence-corrected chi connectivity index (χ0v) is 9.34. The van der Waals surface area contributed by atoms with Gasteiger partial charge in [-0.2, -0.15) is 5.26 Å². The van der Waals surface area contributed by atoms with E-state index >= 15 is 0 Å². The van der Waals surface area contributed by atoms with Crippen molar-refractivity contribution in [3.63, 3.8) is 0 Å². The average Bonchev–Trinajstić information content (AvgIpc) is 2.25. The Morgan fingerprint density at radius 1 is 1.50 bits per heavy atom. The van der Waals surface area contributed by atoms with Crippen molar-refractivity contribution in [3.8, 4) is 11.8 Å². The number of carboxylic acids is 1. The molecular weight excluding hydrogens is 275 g/mol. The minimum absolute atomic E-state index is 0.117. The van der Waals surface area contributed by atoms with Crippen molar-refractivity contribution in [3.05, 3.63) is 28.8 Å². The summed E-state index contributed by atoms with van der Waals surface area (Å²) in [6.07, 6.45) is -5.04. The molecular formula is C10H5ClF3NO3. The lowest BCUT2D eigenvalue weighted by molar-refractivity contribution is -0.274. The molecule has 1 aromatic rings. The highest BCUT2D eigenvalue weighted by atomic mass is 35.5. The fourth-order valence-corrected chi connectivity index (χ4v) is 1.51. The van der Waals surface area contributed by atoms with Gasteiger partial charge in [0.2, 0.25) is 0 Å². The highest BCUT2D eigenvalue weighted by molar-refractivity contribution is 6.17. The van der Waals surface area contributed by atoms with Crippen molar-refractivity contribution in [2.24, 2.45) is 0 Å². The molecule has 0 heterocycles. The largest absolute Gasteiger partial charge is 0.573 e. The molecule has 0 aliphatic carbocycles. The van der Waals surface area contributed by atoms with Crippen LogP contribution in [-0.4, -0.2) is 17.4 Å². The lowest BCUT2D eigenvalue weighted by Gasteiger charge is -2.13. The van der Waals surface area contributed by atoms with Crippen LogP contribution >= 0.6 is 11.6 Å². The average molecular weight is 280 g/mol. The first-order chi connectivity index (χ1) is 8.30. The topological polar surface area (TPSA) is 70.3 Å². The Bertz CT molecular complexity index is 522. The summed E-state index contributed by atoms with van der Waals surface area (Å²) in [5, 5.41) is 17.6. The van der Waals surface area contributed by atoms with Gasteiger partial charge in [0.05, 0.1) is 5.56 Å². The van der Waals surface area contributed by atoms with Gasteiger partial charge in [0, 0.05) is 5.88 Å². The van der Waals surface area contributed by atoms with Gasteiger partial charge < -0.3 is 9.84 Å². The molecule has 0 radical (unpaired) electrons. The van der Waals surface area contributed by atoms with Crippen molar-refractivity contribution >= 4 is 17.6 Å². The number of nitriles is 1. The smallest absolute Gasteiger partial charge is 0.478 e. The van der Waals surface area contributed by atoms with Gasteiger partial charge in [-0.1, -0.05) is 6.07 Å². The predicted molar refractivity (Wildman–Crippen MR) is 54.4 cm³/mol. The molecule has 1 rings (SSSR count). The van der Waals surface area contributed by atoms with E-state index in [1.807, 2.05) is 0 Å². The van der Waals surface area contributed by atoms with E-state index in [1.54, 1.807) is 0 Å². The molecule has 96 valence electrons. The molecule has 0 saturated heterocycles. The van der Waals surface area contributed by atoms with Crippen LogP contribution in [0.4, 0.5) is 13.2 Å². The lowest BCUT2D eigenvalue weighted by atomic mass is 10.0. The molecule has 0 aromatic heterocycles. The van der Waals surface area contributed by atoms with Crippen LogP contribution in [0.5, 0.6) is 5.75 Å². The summed E-state index contributed by atoms with van der Waals surface area (Å²) in [4.78, 5) is 10.9. The third kappa shape index (κ3) is 3.05. The van der Waals surface area contributed by atoms with Crippen molar-refractivity contribution in [2.45, 2.75) is 12.2 Å². The summed E-state index contributed by atoms with van der Waals surface area (Å²) in [5.41, 5.74) is -1.18. The standard InChI is InChI=1S/C10H5ClF3NO3/c11-3-5-1-2-7(18-10(12,13)14)8(9(16)17)6(5)4-15/h1-2H,3H2,(H,16,17). The molecule has 0 atom stereocenters. The Balaban J connectivity index is 3.46. The van der Waals surface area contributed by atoms with Crippen LogP contribution in [0.3, 0.4) is 0 Å². The van der Waals surface area contributed by atoms with Crippen molar-refractivity contribution in [2.75, 3.05) is 0 Å². The first-order valence-corrected chi connectivity index (χ1v) is 4.94. The van der Waals surface area contributed by atoms with Crippen LogP contribution in [0, 0.1) is 11.3 Å².